The number of furan rings is 1. The molecule has 7 heteroatoms. The summed E-state index contributed by atoms with van der Waals surface area (Å²) >= 11 is 1.24. The van der Waals surface area contributed by atoms with Gasteiger partial charge in [0.1, 0.15) is 11.5 Å². The maximum atomic E-state index is 12.5. The van der Waals surface area contributed by atoms with E-state index in [9.17, 15) is 9.59 Å². The molecule has 3 rings (SSSR count). The van der Waals surface area contributed by atoms with Crippen LogP contribution in [0.25, 0.3) is 6.08 Å². The molecule has 0 unspecified atom stereocenters. The van der Waals surface area contributed by atoms with E-state index in [0.29, 0.717) is 28.1 Å². The summed E-state index contributed by atoms with van der Waals surface area (Å²) in [5.41, 5.74) is 0.643. The molecule has 6 nitrogen and oxygen atoms in total. The van der Waals surface area contributed by atoms with Gasteiger partial charge >= 0.3 is 5.97 Å². The van der Waals surface area contributed by atoms with Gasteiger partial charge in [-0.25, -0.2) is 9.79 Å². The lowest BCUT2D eigenvalue weighted by Gasteiger charge is -2.12. The van der Waals surface area contributed by atoms with E-state index < -0.39 is 5.97 Å². The molecule has 25 heavy (non-hydrogen) atoms. The zero-order valence-electron chi connectivity index (χ0n) is 13.7. The second kappa shape index (κ2) is 6.98. The smallest absolute Gasteiger partial charge is 0.335 e. The van der Waals surface area contributed by atoms with Gasteiger partial charge in [0.05, 0.1) is 16.2 Å². The van der Waals surface area contributed by atoms with Gasteiger partial charge in [0, 0.05) is 12.6 Å². The highest BCUT2D eigenvalue weighted by molar-refractivity contribution is 8.18. The van der Waals surface area contributed by atoms with Crippen LogP contribution in [0, 0.1) is 6.92 Å². The molecule has 1 saturated heterocycles. The molecule has 128 valence electrons. The summed E-state index contributed by atoms with van der Waals surface area (Å²) in [5.74, 6) is 0.223. The summed E-state index contributed by atoms with van der Waals surface area (Å²) in [6.45, 7) is 4.17. The third-order valence-corrected chi connectivity index (χ3v) is 4.56. The molecule has 0 radical (unpaired) electrons. The Morgan fingerprint density at radius 1 is 1.36 bits per heavy atom. The van der Waals surface area contributed by atoms with Gasteiger partial charge in [-0.05, 0) is 55.9 Å². The van der Waals surface area contributed by atoms with E-state index in [1.807, 2.05) is 19.9 Å². The number of rotatable bonds is 4. The molecule has 1 fully saturated rings. The quantitative estimate of drug-likeness (QED) is 0.840. The monoisotopic (exact) mass is 356 g/mol. The minimum absolute atomic E-state index is 0.144. The topological polar surface area (TPSA) is 83.1 Å². The third kappa shape index (κ3) is 3.66. The summed E-state index contributed by atoms with van der Waals surface area (Å²) in [5, 5.41) is 9.60. The number of benzene rings is 1. The van der Waals surface area contributed by atoms with E-state index in [-0.39, 0.29) is 11.5 Å². The van der Waals surface area contributed by atoms with E-state index in [1.54, 1.807) is 29.2 Å². The predicted molar refractivity (Wildman–Crippen MR) is 96.9 cm³/mol. The number of amides is 1. The lowest BCUT2D eigenvalue weighted by molar-refractivity contribution is -0.122. The van der Waals surface area contributed by atoms with Crippen molar-refractivity contribution in [2.75, 3.05) is 6.54 Å². The standard InChI is InChI=1S/C18H16N2O4S/c1-3-20-16(21)15(10-14-8-7-11(2)24-14)25-18(20)19-13-6-4-5-12(9-13)17(22)23/h4-10H,3H2,1-2H3,(H,22,23)/b15-10+,19-18?. The number of aliphatic imine (C=N–C) groups is 1. The first-order chi connectivity index (χ1) is 12.0. The minimum atomic E-state index is -1.02. The van der Waals surface area contributed by atoms with Crippen LogP contribution in [0.5, 0.6) is 0 Å². The molecule has 1 aromatic heterocycles. The molecule has 1 N–H and O–H groups in total. The van der Waals surface area contributed by atoms with Crippen LogP contribution < -0.4 is 0 Å². The van der Waals surface area contributed by atoms with Crippen LogP contribution in [0.3, 0.4) is 0 Å². The summed E-state index contributed by atoms with van der Waals surface area (Å²) in [6, 6.07) is 9.95. The van der Waals surface area contributed by atoms with Crippen molar-refractivity contribution in [3.63, 3.8) is 0 Å². The molecule has 0 aliphatic carbocycles. The first-order valence-electron chi connectivity index (χ1n) is 7.68. The Balaban J connectivity index is 1.93. The molecule has 0 bridgehead atoms. The van der Waals surface area contributed by atoms with Crippen molar-refractivity contribution in [3.8, 4) is 0 Å². The zero-order chi connectivity index (χ0) is 18.0. The average molecular weight is 356 g/mol. The number of aromatic carboxylic acids is 1. The van der Waals surface area contributed by atoms with Crippen LogP contribution in [0.1, 0.15) is 28.8 Å². The fraction of sp³-hybridized carbons (Fsp3) is 0.167. The van der Waals surface area contributed by atoms with Gasteiger partial charge < -0.3 is 9.52 Å². The van der Waals surface area contributed by atoms with E-state index in [4.69, 9.17) is 9.52 Å². The van der Waals surface area contributed by atoms with Gasteiger partial charge in [0.2, 0.25) is 0 Å². The molecule has 2 heterocycles. The molecular formula is C18H16N2O4S. The SMILES string of the molecule is CCN1C(=O)/C(=C\c2ccc(C)o2)SC1=Nc1cccc(C(=O)O)c1. The van der Waals surface area contributed by atoms with Gasteiger partial charge in [-0.1, -0.05) is 6.07 Å². The third-order valence-electron chi connectivity index (χ3n) is 3.56. The highest BCUT2D eigenvalue weighted by Gasteiger charge is 2.32. The Morgan fingerprint density at radius 3 is 2.80 bits per heavy atom. The molecular weight excluding hydrogens is 340 g/mol. The molecule has 1 aromatic carbocycles. The molecule has 2 aromatic rings. The Kier molecular flexibility index (Phi) is 4.76. The van der Waals surface area contributed by atoms with Crippen molar-refractivity contribution in [2.45, 2.75) is 13.8 Å². The summed E-state index contributed by atoms with van der Waals surface area (Å²) in [6.07, 6.45) is 1.69. The van der Waals surface area contributed by atoms with E-state index in [0.717, 1.165) is 5.76 Å². The van der Waals surface area contributed by atoms with Crippen molar-refractivity contribution in [1.82, 2.24) is 4.90 Å². The minimum Gasteiger partial charge on any atom is -0.478 e. The molecule has 1 aliphatic heterocycles. The van der Waals surface area contributed by atoms with Crippen LogP contribution in [-0.4, -0.2) is 33.6 Å². The second-order valence-corrected chi connectivity index (χ2v) is 6.37. The normalized spacial score (nSPS) is 17.7. The molecule has 1 amide bonds. The van der Waals surface area contributed by atoms with E-state index in [2.05, 4.69) is 4.99 Å². The highest BCUT2D eigenvalue weighted by atomic mass is 32.2. The predicted octanol–water partition coefficient (Wildman–Crippen LogP) is 3.91. The Bertz CT molecular complexity index is 898. The molecule has 0 spiro atoms. The van der Waals surface area contributed by atoms with E-state index in [1.165, 1.54) is 23.9 Å². The first-order valence-corrected chi connectivity index (χ1v) is 8.49. The lowest BCUT2D eigenvalue weighted by atomic mass is 10.2. The number of hydrogen-bond donors (Lipinski definition) is 1. The maximum Gasteiger partial charge on any atom is 0.335 e. The number of likely N-dealkylation sites (N-methyl/N-ethyl adjacent to an activating group) is 1. The van der Waals surface area contributed by atoms with Crippen molar-refractivity contribution in [3.05, 3.63) is 58.4 Å². The number of amidine groups is 1. The fourth-order valence-electron chi connectivity index (χ4n) is 2.35. The van der Waals surface area contributed by atoms with Crippen LogP contribution in [0.15, 0.2) is 50.7 Å². The van der Waals surface area contributed by atoms with Crippen molar-refractivity contribution < 1.29 is 19.1 Å². The molecule has 0 saturated carbocycles. The Morgan fingerprint density at radius 2 is 2.16 bits per heavy atom. The van der Waals surface area contributed by atoms with Gasteiger partial charge in [0.15, 0.2) is 5.17 Å². The van der Waals surface area contributed by atoms with Crippen LogP contribution >= 0.6 is 11.8 Å². The van der Waals surface area contributed by atoms with Gasteiger partial charge in [-0.3, -0.25) is 9.69 Å². The number of carboxylic acids is 1. The number of hydrogen-bond acceptors (Lipinski definition) is 5. The highest BCUT2D eigenvalue weighted by Crippen LogP contribution is 2.34. The average Bonchev–Trinajstić information content (AvgIpc) is 3.11. The van der Waals surface area contributed by atoms with E-state index >= 15 is 0 Å². The van der Waals surface area contributed by atoms with Crippen molar-refractivity contribution >= 4 is 40.6 Å². The van der Waals surface area contributed by atoms with Crippen LogP contribution in [0.4, 0.5) is 5.69 Å². The van der Waals surface area contributed by atoms with Gasteiger partial charge in [0.25, 0.3) is 5.91 Å². The van der Waals surface area contributed by atoms with Crippen molar-refractivity contribution in [2.24, 2.45) is 4.99 Å². The number of carbonyl (C=O) groups excluding carboxylic acids is 1. The first kappa shape index (κ1) is 17.0. The maximum absolute atomic E-state index is 12.5. The summed E-state index contributed by atoms with van der Waals surface area (Å²) in [7, 11) is 0. The number of aryl methyl sites for hydroxylation is 1. The zero-order valence-corrected chi connectivity index (χ0v) is 14.5. The lowest BCUT2D eigenvalue weighted by Crippen LogP contribution is -2.28. The Hall–Kier alpha value is -2.80. The number of carboxylic acid groups (broad SMARTS) is 1. The van der Waals surface area contributed by atoms with Crippen molar-refractivity contribution in [1.29, 1.82) is 0 Å². The summed E-state index contributed by atoms with van der Waals surface area (Å²) < 4.78 is 5.49. The Labute approximate surface area is 148 Å². The second-order valence-electron chi connectivity index (χ2n) is 5.36. The van der Waals surface area contributed by atoms with Gasteiger partial charge in [-0.15, -0.1) is 0 Å². The fourth-order valence-corrected chi connectivity index (χ4v) is 3.39. The van der Waals surface area contributed by atoms with Crippen LogP contribution in [-0.2, 0) is 4.79 Å². The number of nitrogens with zero attached hydrogens (tertiary/aromatic N) is 2. The summed E-state index contributed by atoms with van der Waals surface area (Å²) in [4.78, 5) is 30.2. The molecule has 0 atom stereocenters. The van der Waals surface area contributed by atoms with Gasteiger partial charge in [-0.2, -0.15) is 0 Å². The van der Waals surface area contributed by atoms with Crippen LogP contribution in [0.2, 0.25) is 0 Å². The number of thioether (sulfide) groups is 1. The largest absolute Gasteiger partial charge is 0.478 e. The number of carbonyl (C=O) groups is 2. The molecule has 1 aliphatic rings.